The van der Waals surface area contributed by atoms with E-state index < -0.39 is 0 Å². The van der Waals surface area contributed by atoms with E-state index in [0.717, 1.165) is 17.1 Å². The number of ether oxygens (including phenoxy) is 1. The van der Waals surface area contributed by atoms with E-state index in [9.17, 15) is 4.79 Å². The topological polar surface area (TPSA) is 119 Å². The Kier molecular flexibility index (Phi) is 4.61. The molecule has 142 valence electrons. The van der Waals surface area contributed by atoms with Gasteiger partial charge in [-0.05, 0) is 6.07 Å². The number of anilines is 3. The van der Waals surface area contributed by atoms with Crippen LogP contribution in [0.1, 0.15) is 49.2 Å². The van der Waals surface area contributed by atoms with Crippen LogP contribution in [0.25, 0.3) is 0 Å². The van der Waals surface area contributed by atoms with Gasteiger partial charge >= 0.3 is 0 Å². The maximum absolute atomic E-state index is 12.3. The molecule has 1 saturated heterocycles. The van der Waals surface area contributed by atoms with Gasteiger partial charge in [-0.3, -0.25) is 4.79 Å². The Morgan fingerprint density at radius 3 is 2.78 bits per heavy atom. The molecule has 2 aliphatic rings. The van der Waals surface area contributed by atoms with Crippen molar-refractivity contribution in [3.05, 3.63) is 29.3 Å². The Morgan fingerprint density at radius 1 is 1.26 bits per heavy atom. The van der Waals surface area contributed by atoms with E-state index in [1.807, 2.05) is 24.8 Å². The molecule has 1 unspecified atom stereocenters. The third kappa shape index (κ3) is 3.42. The van der Waals surface area contributed by atoms with Crippen LogP contribution in [0.4, 0.5) is 17.6 Å². The highest BCUT2D eigenvalue weighted by atomic mass is 16.5. The molecule has 0 saturated carbocycles. The van der Waals surface area contributed by atoms with E-state index in [1.165, 1.54) is 0 Å². The molecule has 0 aliphatic carbocycles. The van der Waals surface area contributed by atoms with Crippen LogP contribution < -0.4 is 16.0 Å². The molecular formula is C18H23N7O2. The van der Waals surface area contributed by atoms with Crippen molar-refractivity contribution in [2.24, 2.45) is 0 Å². The molecule has 2 aromatic rings. The number of carbonyl (C=O) groups is 1. The molecule has 4 heterocycles. The largest absolute Gasteiger partial charge is 0.383 e. The van der Waals surface area contributed by atoms with Crippen molar-refractivity contribution in [1.29, 1.82) is 0 Å². The zero-order chi connectivity index (χ0) is 19.0. The number of carbonyl (C=O) groups excluding carboxylic acids is 1. The number of nitrogens with zero attached hydrogens (tertiary/aromatic N) is 5. The van der Waals surface area contributed by atoms with Crippen LogP contribution >= 0.6 is 0 Å². The minimum atomic E-state index is -0.284. The Balaban J connectivity index is 1.75. The number of nitrogens with one attached hydrogen (secondary N) is 1. The smallest absolute Gasteiger partial charge is 0.229 e. The first-order chi connectivity index (χ1) is 13.0. The molecule has 4 rings (SSSR count). The van der Waals surface area contributed by atoms with Crippen LogP contribution in [0, 0.1) is 0 Å². The minimum absolute atomic E-state index is 0.108. The Labute approximate surface area is 157 Å². The summed E-state index contributed by atoms with van der Waals surface area (Å²) in [6.07, 6.45) is 1.98. The number of hydrogen-bond acceptors (Lipinski definition) is 8. The maximum atomic E-state index is 12.3. The van der Waals surface area contributed by atoms with Crippen LogP contribution in [0.5, 0.6) is 0 Å². The summed E-state index contributed by atoms with van der Waals surface area (Å²) in [5, 5.41) is 2.85. The Morgan fingerprint density at radius 2 is 2.04 bits per heavy atom. The number of hydrogen-bond donors (Lipinski definition) is 2. The second-order valence-electron chi connectivity index (χ2n) is 7.07. The van der Waals surface area contributed by atoms with Crippen LogP contribution in [0.15, 0.2) is 12.3 Å². The first kappa shape index (κ1) is 17.6. The lowest BCUT2D eigenvalue weighted by Gasteiger charge is -2.30. The number of aromatic nitrogens is 4. The van der Waals surface area contributed by atoms with Crippen molar-refractivity contribution in [2.45, 2.75) is 32.1 Å². The summed E-state index contributed by atoms with van der Waals surface area (Å²) in [6, 6.07) is 1.83. The first-order valence-corrected chi connectivity index (χ1v) is 9.15. The standard InChI is InChI=1S/C18H23N7O2/c1-10(2)16-20-4-3-12(21-16)11-9-13(26)22-17-14(11)15(19)23-18(24-17)25-5-7-27-8-6-25/h3-4,10-11H,5-9H2,1-2H3,(H3,19,22,23,24,26). The lowest BCUT2D eigenvalue weighted by atomic mass is 9.89. The van der Waals surface area contributed by atoms with Gasteiger partial charge in [-0.25, -0.2) is 9.97 Å². The number of nitrogens with two attached hydrogens (primary N) is 1. The molecule has 0 spiro atoms. The highest BCUT2D eigenvalue weighted by molar-refractivity contribution is 5.95. The Bertz CT molecular complexity index is 865. The molecule has 9 nitrogen and oxygen atoms in total. The number of amides is 1. The quantitative estimate of drug-likeness (QED) is 0.830. The van der Waals surface area contributed by atoms with Gasteiger partial charge in [0.15, 0.2) is 0 Å². The first-order valence-electron chi connectivity index (χ1n) is 9.15. The molecule has 1 atom stereocenters. The lowest BCUT2D eigenvalue weighted by molar-refractivity contribution is -0.116. The Hall–Kier alpha value is -2.81. The predicted molar refractivity (Wildman–Crippen MR) is 101 cm³/mol. The summed E-state index contributed by atoms with van der Waals surface area (Å²) in [7, 11) is 0. The molecule has 0 radical (unpaired) electrons. The van der Waals surface area contributed by atoms with E-state index in [0.29, 0.717) is 43.9 Å². The molecule has 1 amide bonds. The fraction of sp³-hybridized carbons (Fsp3) is 0.500. The molecule has 1 fully saturated rings. The van der Waals surface area contributed by atoms with Gasteiger partial charge in [0, 0.05) is 43.1 Å². The maximum Gasteiger partial charge on any atom is 0.229 e. The normalized spacial score (nSPS) is 19.7. The molecule has 27 heavy (non-hydrogen) atoms. The van der Waals surface area contributed by atoms with Gasteiger partial charge in [-0.2, -0.15) is 9.97 Å². The molecular weight excluding hydrogens is 346 g/mol. The molecule has 9 heteroatoms. The average molecular weight is 369 g/mol. The molecule has 0 bridgehead atoms. The van der Waals surface area contributed by atoms with Gasteiger partial charge in [0.05, 0.1) is 18.9 Å². The van der Waals surface area contributed by atoms with Crippen molar-refractivity contribution in [1.82, 2.24) is 19.9 Å². The van der Waals surface area contributed by atoms with Gasteiger partial charge in [-0.15, -0.1) is 0 Å². The van der Waals surface area contributed by atoms with Crippen LogP contribution in [-0.2, 0) is 9.53 Å². The van der Waals surface area contributed by atoms with Crippen LogP contribution in [0.3, 0.4) is 0 Å². The van der Waals surface area contributed by atoms with Gasteiger partial charge in [0.25, 0.3) is 0 Å². The predicted octanol–water partition coefficient (Wildman–Crippen LogP) is 1.28. The van der Waals surface area contributed by atoms with Crippen LogP contribution in [0.2, 0.25) is 0 Å². The van der Waals surface area contributed by atoms with Gasteiger partial charge < -0.3 is 20.7 Å². The fourth-order valence-corrected chi connectivity index (χ4v) is 3.40. The van der Waals surface area contributed by atoms with Gasteiger partial charge in [0.1, 0.15) is 17.5 Å². The number of nitrogen functional groups attached to an aromatic ring is 1. The zero-order valence-electron chi connectivity index (χ0n) is 15.5. The summed E-state index contributed by atoms with van der Waals surface area (Å²) >= 11 is 0. The second kappa shape index (κ2) is 7.07. The number of fused-ring (bicyclic) bond motifs is 1. The molecule has 0 aromatic carbocycles. The second-order valence-corrected chi connectivity index (χ2v) is 7.07. The molecule has 2 aliphatic heterocycles. The minimum Gasteiger partial charge on any atom is -0.383 e. The van der Waals surface area contributed by atoms with E-state index >= 15 is 0 Å². The van der Waals surface area contributed by atoms with Crippen LogP contribution in [-0.4, -0.2) is 52.1 Å². The SMILES string of the molecule is CC(C)c1nccc(C2CC(=O)Nc3nc(N4CCOCC4)nc(N)c32)n1. The zero-order valence-corrected chi connectivity index (χ0v) is 15.5. The third-order valence-corrected chi connectivity index (χ3v) is 4.82. The van der Waals surface area contributed by atoms with E-state index in [-0.39, 0.29) is 24.2 Å². The highest BCUT2D eigenvalue weighted by Crippen LogP contribution is 2.39. The van der Waals surface area contributed by atoms with E-state index in [4.69, 9.17) is 10.5 Å². The molecule has 2 aromatic heterocycles. The highest BCUT2D eigenvalue weighted by Gasteiger charge is 2.33. The fourth-order valence-electron chi connectivity index (χ4n) is 3.40. The van der Waals surface area contributed by atoms with Gasteiger partial charge in [-0.1, -0.05) is 13.8 Å². The van der Waals surface area contributed by atoms with Crippen molar-refractivity contribution < 1.29 is 9.53 Å². The van der Waals surface area contributed by atoms with Crippen molar-refractivity contribution in [3.63, 3.8) is 0 Å². The average Bonchev–Trinajstić information content (AvgIpc) is 2.67. The third-order valence-electron chi connectivity index (χ3n) is 4.82. The van der Waals surface area contributed by atoms with Crippen molar-refractivity contribution >= 4 is 23.5 Å². The van der Waals surface area contributed by atoms with E-state index in [1.54, 1.807) is 6.20 Å². The van der Waals surface area contributed by atoms with Crippen molar-refractivity contribution in [3.8, 4) is 0 Å². The lowest BCUT2D eigenvalue weighted by Crippen LogP contribution is -2.38. The summed E-state index contributed by atoms with van der Waals surface area (Å²) in [4.78, 5) is 32.4. The summed E-state index contributed by atoms with van der Waals surface area (Å²) in [6.45, 7) is 6.69. The number of morpholine rings is 1. The summed E-state index contributed by atoms with van der Waals surface area (Å²) < 4.78 is 5.37. The monoisotopic (exact) mass is 369 g/mol. The summed E-state index contributed by atoms with van der Waals surface area (Å²) in [5.41, 5.74) is 7.80. The van der Waals surface area contributed by atoms with Gasteiger partial charge in [0.2, 0.25) is 11.9 Å². The molecule has 3 N–H and O–H groups in total. The summed E-state index contributed by atoms with van der Waals surface area (Å²) in [5.74, 6) is 1.90. The van der Waals surface area contributed by atoms with E-state index in [2.05, 4.69) is 25.3 Å². The van der Waals surface area contributed by atoms with Crippen molar-refractivity contribution in [2.75, 3.05) is 42.3 Å². The number of rotatable bonds is 3.